The first-order valence-corrected chi connectivity index (χ1v) is 8.66. The van der Waals surface area contributed by atoms with E-state index >= 15 is 0 Å². The Balaban J connectivity index is 3.00. The first-order chi connectivity index (χ1) is 11.0. The van der Waals surface area contributed by atoms with Gasteiger partial charge in [0.2, 0.25) is 11.8 Å². The molecule has 1 atom stereocenters. The third-order valence-electron chi connectivity index (χ3n) is 4.00. The maximum Gasteiger partial charge on any atom is 0.242 e. The Kier molecular flexibility index (Phi) is 8.38. The number of nitrogens with zero attached hydrogens (tertiary/aromatic N) is 1. The highest BCUT2D eigenvalue weighted by atomic mass is 16.2. The van der Waals surface area contributed by atoms with E-state index in [4.69, 9.17) is 0 Å². The number of hydrogen-bond acceptors (Lipinski definition) is 2. The summed E-state index contributed by atoms with van der Waals surface area (Å²) in [5.41, 5.74) is 2.24. The molecule has 0 fully saturated rings. The number of rotatable bonds is 9. The van der Waals surface area contributed by atoms with Crippen LogP contribution < -0.4 is 5.32 Å². The van der Waals surface area contributed by atoms with Crippen molar-refractivity contribution in [3.63, 3.8) is 0 Å². The number of carbonyl (C=O) groups is 2. The van der Waals surface area contributed by atoms with Gasteiger partial charge in [0.05, 0.1) is 0 Å². The number of benzene rings is 1. The molecule has 0 unspecified atom stereocenters. The Morgan fingerprint density at radius 2 is 1.83 bits per heavy atom. The largest absolute Gasteiger partial charge is 0.354 e. The molecule has 128 valence electrons. The third kappa shape index (κ3) is 5.70. The molecule has 1 aromatic carbocycles. The maximum atomic E-state index is 12.6. The van der Waals surface area contributed by atoms with Gasteiger partial charge < -0.3 is 10.2 Å². The normalized spacial score (nSPS) is 11.8. The summed E-state index contributed by atoms with van der Waals surface area (Å²) in [6.45, 7) is 9.14. The summed E-state index contributed by atoms with van der Waals surface area (Å²) in [6, 6.07) is 7.62. The van der Waals surface area contributed by atoms with Crippen molar-refractivity contribution in [3.05, 3.63) is 35.4 Å². The van der Waals surface area contributed by atoms with E-state index in [1.54, 1.807) is 4.90 Å². The zero-order valence-electron chi connectivity index (χ0n) is 14.9. The fourth-order valence-electron chi connectivity index (χ4n) is 2.61. The van der Waals surface area contributed by atoms with Gasteiger partial charge in [0.25, 0.3) is 0 Å². The van der Waals surface area contributed by atoms with Crippen molar-refractivity contribution < 1.29 is 9.59 Å². The lowest BCUT2D eigenvalue weighted by molar-refractivity contribution is -0.141. The van der Waals surface area contributed by atoms with Gasteiger partial charge >= 0.3 is 0 Å². The third-order valence-corrected chi connectivity index (χ3v) is 4.00. The summed E-state index contributed by atoms with van der Waals surface area (Å²) < 4.78 is 0. The maximum absolute atomic E-state index is 12.6. The van der Waals surface area contributed by atoms with Crippen LogP contribution in [0, 0.1) is 6.92 Å². The molecule has 0 aromatic heterocycles. The lowest BCUT2D eigenvalue weighted by Crippen LogP contribution is -2.49. The molecule has 1 rings (SSSR count). The first kappa shape index (κ1) is 19.2. The van der Waals surface area contributed by atoms with Crippen molar-refractivity contribution in [1.29, 1.82) is 0 Å². The molecular formula is C19H30N2O2. The number of aryl methyl sites for hydroxylation is 1. The van der Waals surface area contributed by atoms with Gasteiger partial charge in [-0.1, -0.05) is 45.0 Å². The zero-order valence-corrected chi connectivity index (χ0v) is 14.9. The molecule has 4 heteroatoms. The Morgan fingerprint density at radius 3 is 2.39 bits per heavy atom. The average Bonchev–Trinajstić information content (AvgIpc) is 2.54. The van der Waals surface area contributed by atoms with Crippen molar-refractivity contribution in [2.45, 2.75) is 66.0 Å². The molecule has 0 bridgehead atoms. The molecule has 4 nitrogen and oxygen atoms in total. The SMILES string of the molecule is CCCNC(=O)[C@H](CC)N(Cc1ccccc1C)C(=O)CCC. The summed E-state index contributed by atoms with van der Waals surface area (Å²) >= 11 is 0. The van der Waals surface area contributed by atoms with Crippen LogP contribution in [-0.4, -0.2) is 29.3 Å². The van der Waals surface area contributed by atoms with Crippen LogP contribution in [0.4, 0.5) is 0 Å². The highest BCUT2D eigenvalue weighted by molar-refractivity contribution is 5.87. The summed E-state index contributed by atoms with van der Waals surface area (Å²) in [7, 11) is 0. The molecule has 0 saturated heterocycles. The van der Waals surface area contributed by atoms with E-state index < -0.39 is 6.04 Å². The second kappa shape index (κ2) is 10.0. The van der Waals surface area contributed by atoms with Crippen molar-refractivity contribution in [2.75, 3.05) is 6.54 Å². The summed E-state index contributed by atoms with van der Waals surface area (Å²) in [5, 5.41) is 2.93. The Morgan fingerprint density at radius 1 is 1.13 bits per heavy atom. The van der Waals surface area contributed by atoms with E-state index in [-0.39, 0.29) is 11.8 Å². The first-order valence-electron chi connectivity index (χ1n) is 8.66. The minimum absolute atomic E-state index is 0.0487. The molecule has 2 amide bonds. The van der Waals surface area contributed by atoms with E-state index in [2.05, 4.69) is 5.32 Å². The second-order valence-corrected chi connectivity index (χ2v) is 5.91. The lowest BCUT2D eigenvalue weighted by Gasteiger charge is -2.31. The molecule has 0 saturated carbocycles. The van der Waals surface area contributed by atoms with Crippen molar-refractivity contribution >= 4 is 11.8 Å². The van der Waals surface area contributed by atoms with E-state index in [1.165, 1.54) is 0 Å². The highest BCUT2D eigenvalue weighted by Gasteiger charge is 2.28. The monoisotopic (exact) mass is 318 g/mol. The minimum Gasteiger partial charge on any atom is -0.354 e. The average molecular weight is 318 g/mol. The van der Waals surface area contributed by atoms with Crippen LogP contribution in [0.1, 0.15) is 57.6 Å². The predicted octanol–water partition coefficient (Wildman–Crippen LogP) is 3.43. The van der Waals surface area contributed by atoms with Gasteiger partial charge in [-0.05, 0) is 37.3 Å². The number of amides is 2. The van der Waals surface area contributed by atoms with Crippen molar-refractivity contribution in [1.82, 2.24) is 10.2 Å². The molecule has 0 radical (unpaired) electrons. The fourth-order valence-corrected chi connectivity index (χ4v) is 2.61. The Bertz CT molecular complexity index is 514. The van der Waals surface area contributed by atoms with Gasteiger partial charge in [-0.25, -0.2) is 0 Å². The van der Waals surface area contributed by atoms with Crippen molar-refractivity contribution in [3.8, 4) is 0 Å². The van der Waals surface area contributed by atoms with Crippen LogP contribution in [0.2, 0.25) is 0 Å². The summed E-state index contributed by atoms with van der Waals surface area (Å²) in [4.78, 5) is 26.8. The van der Waals surface area contributed by atoms with E-state index in [0.29, 0.717) is 25.9 Å². The summed E-state index contributed by atoms with van der Waals surface area (Å²) in [6.07, 6.45) is 2.78. The number of carbonyl (C=O) groups excluding carboxylic acids is 2. The Labute approximate surface area is 140 Å². The molecule has 0 aliphatic heterocycles. The molecule has 1 aromatic rings. The van der Waals surface area contributed by atoms with Gasteiger partial charge in [-0.2, -0.15) is 0 Å². The number of nitrogens with one attached hydrogen (secondary N) is 1. The Hall–Kier alpha value is -1.84. The van der Waals surface area contributed by atoms with Crippen molar-refractivity contribution in [2.24, 2.45) is 0 Å². The molecular weight excluding hydrogens is 288 g/mol. The lowest BCUT2D eigenvalue weighted by atomic mass is 10.1. The molecule has 0 spiro atoms. The van der Waals surface area contributed by atoms with Crippen LogP contribution in [0.15, 0.2) is 24.3 Å². The zero-order chi connectivity index (χ0) is 17.2. The van der Waals surface area contributed by atoms with Crippen LogP contribution in [0.25, 0.3) is 0 Å². The molecule has 23 heavy (non-hydrogen) atoms. The van der Waals surface area contributed by atoms with Gasteiger partial charge in [-0.3, -0.25) is 9.59 Å². The second-order valence-electron chi connectivity index (χ2n) is 5.91. The van der Waals surface area contributed by atoms with Crippen LogP contribution in [-0.2, 0) is 16.1 Å². The quantitative estimate of drug-likeness (QED) is 0.758. The van der Waals surface area contributed by atoms with Gasteiger partial charge in [0.15, 0.2) is 0 Å². The number of hydrogen-bond donors (Lipinski definition) is 1. The van der Waals surface area contributed by atoms with E-state index in [9.17, 15) is 9.59 Å². The van der Waals surface area contributed by atoms with Gasteiger partial charge in [0, 0.05) is 19.5 Å². The predicted molar refractivity (Wildman–Crippen MR) is 94.0 cm³/mol. The van der Waals surface area contributed by atoms with Gasteiger partial charge in [-0.15, -0.1) is 0 Å². The van der Waals surface area contributed by atoms with Crippen LogP contribution >= 0.6 is 0 Å². The van der Waals surface area contributed by atoms with Crippen LogP contribution in [0.5, 0.6) is 0 Å². The van der Waals surface area contributed by atoms with Gasteiger partial charge in [0.1, 0.15) is 6.04 Å². The van der Waals surface area contributed by atoms with E-state index in [0.717, 1.165) is 24.0 Å². The topological polar surface area (TPSA) is 49.4 Å². The molecule has 1 N–H and O–H groups in total. The van der Waals surface area contributed by atoms with E-state index in [1.807, 2.05) is 52.0 Å². The fraction of sp³-hybridized carbons (Fsp3) is 0.579. The highest BCUT2D eigenvalue weighted by Crippen LogP contribution is 2.16. The standard InChI is InChI=1S/C19H30N2O2/c1-5-10-18(22)21(14-16-12-9-8-11-15(16)4)17(7-3)19(23)20-13-6-2/h8-9,11-12,17H,5-7,10,13-14H2,1-4H3,(H,20,23)/t17-/m0/s1. The smallest absolute Gasteiger partial charge is 0.242 e. The summed E-state index contributed by atoms with van der Waals surface area (Å²) in [5.74, 6) is 0.00152. The van der Waals surface area contributed by atoms with Crippen LogP contribution in [0.3, 0.4) is 0 Å². The minimum atomic E-state index is -0.403. The molecule has 0 aliphatic rings. The molecule has 0 aliphatic carbocycles. The molecule has 0 heterocycles.